The molecule has 0 atom stereocenters. The van der Waals surface area contributed by atoms with E-state index in [1.807, 2.05) is 13.0 Å². The number of rotatable bonds is 6. The molecule has 1 N–H and O–H groups in total. The lowest BCUT2D eigenvalue weighted by molar-refractivity contribution is 0.0672. The van der Waals surface area contributed by atoms with Crippen molar-refractivity contribution in [2.45, 2.75) is 6.92 Å². The van der Waals surface area contributed by atoms with Gasteiger partial charge in [-0.15, -0.1) is 6.58 Å². The Labute approximate surface area is 151 Å². The number of hydrogen-bond donors (Lipinski definition) is 1. The van der Waals surface area contributed by atoms with E-state index in [2.05, 4.69) is 11.9 Å². The molecule has 0 aliphatic carbocycles. The maximum Gasteiger partial charge on any atom is 0.261 e. The van der Waals surface area contributed by atoms with Crippen LogP contribution in [-0.2, 0) is 0 Å². The third-order valence-corrected chi connectivity index (χ3v) is 3.98. The number of hydrogen-bond acceptors (Lipinski definition) is 4. The molecule has 6 nitrogen and oxygen atoms in total. The summed E-state index contributed by atoms with van der Waals surface area (Å²) in [5.74, 6) is -0.622. The summed E-state index contributed by atoms with van der Waals surface area (Å²) >= 11 is 0. The SMILES string of the molecule is C=CCN1C(=O)c2ccc(C(=O)Nc3ccccc3OCC)cc2C1=O. The average molecular weight is 350 g/mol. The van der Waals surface area contributed by atoms with E-state index in [1.54, 1.807) is 18.2 Å². The van der Waals surface area contributed by atoms with Crippen LogP contribution in [-0.4, -0.2) is 35.8 Å². The van der Waals surface area contributed by atoms with Gasteiger partial charge in [0.25, 0.3) is 17.7 Å². The van der Waals surface area contributed by atoms with E-state index < -0.39 is 5.91 Å². The third-order valence-electron chi connectivity index (χ3n) is 3.98. The highest BCUT2D eigenvalue weighted by molar-refractivity contribution is 6.22. The molecule has 1 heterocycles. The van der Waals surface area contributed by atoms with Crippen LogP contribution in [0, 0.1) is 0 Å². The molecule has 0 radical (unpaired) electrons. The fourth-order valence-electron chi connectivity index (χ4n) is 2.77. The maximum atomic E-state index is 12.6. The van der Waals surface area contributed by atoms with Crippen molar-refractivity contribution in [3.05, 3.63) is 71.8 Å². The molecule has 0 unspecified atom stereocenters. The average Bonchev–Trinajstić information content (AvgIpc) is 2.88. The molecule has 26 heavy (non-hydrogen) atoms. The zero-order valence-electron chi connectivity index (χ0n) is 14.3. The molecular weight excluding hydrogens is 332 g/mol. The molecule has 0 saturated heterocycles. The minimum Gasteiger partial charge on any atom is -0.492 e. The lowest BCUT2D eigenvalue weighted by atomic mass is 10.1. The predicted molar refractivity (Wildman–Crippen MR) is 97.6 cm³/mol. The predicted octanol–water partition coefficient (Wildman–Crippen LogP) is 3.12. The molecule has 0 saturated carbocycles. The summed E-state index contributed by atoms with van der Waals surface area (Å²) in [7, 11) is 0. The van der Waals surface area contributed by atoms with Crippen molar-refractivity contribution in [2.75, 3.05) is 18.5 Å². The number of carbonyl (C=O) groups is 3. The smallest absolute Gasteiger partial charge is 0.261 e. The van der Waals surface area contributed by atoms with E-state index in [0.717, 1.165) is 4.90 Å². The molecule has 0 spiro atoms. The Morgan fingerprint density at radius 3 is 2.62 bits per heavy atom. The molecule has 0 fully saturated rings. The van der Waals surface area contributed by atoms with Gasteiger partial charge < -0.3 is 10.1 Å². The number of nitrogens with zero attached hydrogens (tertiary/aromatic N) is 1. The van der Waals surface area contributed by atoms with Crippen molar-refractivity contribution >= 4 is 23.4 Å². The summed E-state index contributed by atoms with van der Waals surface area (Å²) in [4.78, 5) is 38.3. The monoisotopic (exact) mass is 350 g/mol. The van der Waals surface area contributed by atoms with Gasteiger partial charge in [-0.3, -0.25) is 19.3 Å². The molecule has 6 heteroatoms. The van der Waals surface area contributed by atoms with Crippen LogP contribution in [0.4, 0.5) is 5.69 Å². The van der Waals surface area contributed by atoms with Crippen LogP contribution in [0.15, 0.2) is 55.1 Å². The summed E-state index contributed by atoms with van der Waals surface area (Å²) < 4.78 is 5.49. The zero-order valence-corrected chi connectivity index (χ0v) is 14.3. The van der Waals surface area contributed by atoms with Gasteiger partial charge in [0.15, 0.2) is 0 Å². The van der Waals surface area contributed by atoms with Gasteiger partial charge in [0.2, 0.25) is 0 Å². The van der Waals surface area contributed by atoms with Crippen molar-refractivity contribution in [2.24, 2.45) is 0 Å². The minimum absolute atomic E-state index is 0.135. The van der Waals surface area contributed by atoms with E-state index in [-0.39, 0.29) is 29.5 Å². The summed E-state index contributed by atoms with van der Waals surface area (Å²) in [5.41, 5.74) is 1.35. The van der Waals surface area contributed by atoms with Gasteiger partial charge in [-0.2, -0.15) is 0 Å². The molecular formula is C20H18N2O4. The zero-order chi connectivity index (χ0) is 18.7. The number of fused-ring (bicyclic) bond motifs is 1. The highest BCUT2D eigenvalue weighted by Crippen LogP contribution is 2.26. The molecule has 0 aromatic heterocycles. The summed E-state index contributed by atoms with van der Waals surface area (Å²) in [6.45, 7) is 6.02. The van der Waals surface area contributed by atoms with Gasteiger partial charge in [-0.05, 0) is 37.3 Å². The second-order valence-corrected chi connectivity index (χ2v) is 5.65. The van der Waals surface area contributed by atoms with Gasteiger partial charge in [0.1, 0.15) is 5.75 Å². The van der Waals surface area contributed by atoms with Crippen LogP contribution in [0.2, 0.25) is 0 Å². The van der Waals surface area contributed by atoms with E-state index in [9.17, 15) is 14.4 Å². The van der Waals surface area contributed by atoms with Crippen LogP contribution in [0.1, 0.15) is 38.0 Å². The Balaban J connectivity index is 1.86. The lowest BCUT2D eigenvalue weighted by Crippen LogP contribution is -2.29. The molecule has 3 rings (SSSR count). The van der Waals surface area contributed by atoms with Crippen molar-refractivity contribution in [3.63, 3.8) is 0 Å². The minimum atomic E-state index is -0.422. The van der Waals surface area contributed by atoms with Crippen LogP contribution < -0.4 is 10.1 Å². The number of ether oxygens (including phenoxy) is 1. The van der Waals surface area contributed by atoms with Crippen molar-refractivity contribution in [1.29, 1.82) is 0 Å². The van der Waals surface area contributed by atoms with E-state index in [0.29, 0.717) is 23.6 Å². The number of para-hydroxylation sites is 2. The molecule has 2 aromatic rings. The molecule has 1 aliphatic rings. The molecule has 3 amide bonds. The van der Waals surface area contributed by atoms with Crippen LogP contribution in [0.5, 0.6) is 5.75 Å². The Kier molecular flexibility index (Phi) is 4.84. The van der Waals surface area contributed by atoms with Crippen LogP contribution in [0.3, 0.4) is 0 Å². The Morgan fingerprint density at radius 2 is 1.88 bits per heavy atom. The van der Waals surface area contributed by atoms with Gasteiger partial charge >= 0.3 is 0 Å². The standard InChI is InChI=1S/C20H18N2O4/c1-3-11-22-19(24)14-10-9-13(12-15(14)20(22)25)18(23)21-16-7-5-6-8-17(16)26-4-2/h3,5-10,12H,1,4,11H2,2H3,(H,21,23). The molecule has 2 aromatic carbocycles. The number of anilines is 1. The van der Waals surface area contributed by atoms with Crippen molar-refractivity contribution < 1.29 is 19.1 Å². The summed E-state index contributed by atoms with van der Waals surface area (Å²) in [5, 5.41) is 2.78. The normalized spacial score (nSPS) is 12.7. The maximum absolute atomic E-state index is 12.6. The van der Waals surface area contributed by atoms with Crippen LogP contribution in [0.25, 0.3) is 0 Å². The Hall–Kier alpha value is -3.41. The summed E-state index contributed by atoms with van der Waals surface area (Å²) in [6, 6.07) is 11.6. The lowest BCUT2D eigenvalue weighted by Gasteiger charge is -2.11. The number of imide groups is 1. The first kappa shape index (κ1) is 17.4. The number of nitrogens with one attached hydrogen (secondary N) is 1. The Morgan fingerprint density at radius 1 is 1.15 bits per heavy atom. The van der Waals surface area contributed by atoms with Gasteiger partial charge in [0, 0.05) is 12.1 Å². The molecule has 0 bridgehead atoms. The van der Waals surface area contributed by atoms with Gasteiger partial charge in [0.05, 0.1) is 23.4 Å². The fourth-order valence-corrected chi connectivity index (χ4v) is 2.77. The molecule has 1 aliphatic heterocycles. The topological polar surface area (TPSA) is 75.7 Å². The van der Waals surface area contributed by atoms with Gasteiger partial charge in [-0.1, -0.05) is 18.2 Å². The fraction of sp³-hybridized carbons (Fsp3) is 0.150. The van der Waals surface area contributed by atoms with Crippen molar-refractivity contribution in [3.8, 4) is 5.75 Å². The van der Waals surface area contributed by atoms with E-state index in [4.69, 9.17) is 4.74 Å². The third kappa shape index (κ3) is 3.09. The molecule has 132 valence electrons. The summed E-state index contributed by atoms with van der Waals surface area (Å²) in [6.07, 6.45) is 1.49. The quantitative estimate of drug-likeness (QED) is 0.641. The van der Waals surface area contributed by atoms with Gasteiger partial charge in [-0.25, -0.2) is 0 Å². The number of benzene rings is 2. The first-order valence-corrected chi connectivity index (χ1v) is 8.21. The first-order chi connectivity index (χ1) is 12.6. The highest BCUT2D eigenvalue weighted by Gasteiger charge is 2.35. The second kappa shape index (κ2) is 7.23. The Bertz CT molecular complexity index is 904. The van der Waals surface area contributed by atoms with Crippen LogP contribution >= 0.6 is 0 Å². The highest BCUT2D eigenvalue weighted by atomic mass is 16.5. The van der Waals surface area contributed by atoms with Crippen molar-refractivity contribution in [1.82, 2.24) is 4.90 Å². The number of carbonyl (C=O) groups excluding carboxylic acids is 3. The van der Waals surface area contributed by atoms with E-state index >= 15 is 0 Å². The first-order valence-electron chi connectivity index (χ1n) is 8.21. The second-order valence-electron chi connectivity index (χ2n) is 5.65. The van der Waals surface area contributed by atoms with E-state index in [1.165, 1.54) is 24.3 Å². The largest absolute Gasteiger partial charge is 0.492 e. The number of amides is 3.